The molecule has 0 aliphatic rings. The molecule has 0 N–H and O–H groups in total. The Balaban J connectivity index is 2.86. The molecule has 0 aromatic heterocycles. The summed E-state index contributed by atoms with van der Waals surface area (Å²) in [5, 5.41) is 0. The van der Waals surface area contributed by atoms with Gasteiger partial charge in [-0.25, -0.2) is 4.39 Å². The highest BCUT2D eigenvalue weighted by Crippen LogP contribution is 2.13. The minimum Gasteiger partial charge on any atom is -0.339 e. The third-order valence-corrected chi connectivity index (χ3v) is 2.92. The number of nitrogens with zero attached hydrogens (tertiary/aromatic N) is 1. The fraction of sp³-hybridized carbons (Fsp3) is 0.462. The number of benzene rings is 1. The van der Waals surface area contributed by atoms with Crippen molar-refractivity contribution in [2.75, 3.05) is 19.0 Å². The van der Waals surface area contributed by atoms with E-state index >= 15 is 0 Å². The Morgan fingerprint density at radius 3 is 2.71 bits per heavy atom. The van der Waals surface area contributed by atoms with Gasteiger partial charge in [-0.2, -0.15) is 0 Å². The van der Waals surface area contributed by atoms with Crippen LogP contribution < -0.4 is 0 Å². The molecular weight excluding hydrogens is 241 g/mol. The number of amides is 1. The highest BCUT2D eigenvalue weighted by molar-refractivity contribution is 6.17. The predicted molar refractivity (Wildman–Crippen MR) is 68.1 cm³/mol. The fourth-order valence-corrected chi connectivity index (χ4v) is 1.81. The molecule has 0 spiro atoms. The van der Waals surface area contributed by atoms with E-state index in [4.69, 9.17) is 11.6 Å². The minimum absolute atomic E-state index is 0.0601. The van der Waals surface area contributed by atoms with E-state index in [1.807, 2.05) is 6.92 Å². The molecule has 0 saturated heterocycles. The quantitative estimate of drug-likeness (QED) is 0.742. The van der Waals surface area contributed by atoms with E-state index in [1.54, 1.807) is 11.8 Å². The highest BCUT2D eigenvalue weighted by atomic mass is 35.5. The zero-order chi connectivity index (χ0) is 12.8. The highest BCUT2D eigenvalue weighted by Gasteiger charge is 2.15. The molecule has 0 aliphatic heterocycles. The summed E-state index contributed by atoms with van der Waals surface area (Å²) in [6, 6.07) is 4.23. The van der Waals surface area contributed by atoms with Crippen LogP contribution in [0.15, 0.2) is 18.2 Å². The van der Waals surface area contributed by atoms with Crippen LogP contribution in [0.3, 0.4) is 0 Å². The summed E-state index contributed by atoms with van der Waals surface area (Å²) in [4.78, 5) is 13.9. The molecule has 0 atom stereocenters. The average Bonchev–Trinajstić information content (AvgIpc) is 2.29. The second kappa shape index (κ2) is 6.60. The number of rotatable bonds is 5. The van der Waals surface area contributed by atoms with E-state index in [-0.39, 0.29) is 11.7 Å². The van der Waals surface area contributed by atoms with Gasteiger partial charge in [0, 0.05) is 24.5 Å². The molecule has 0 fully saturated rings. The van der Waals surface area contributed by atoms with E-state index in [9.17, 15) is 9.18 Å². The summed E-state index contributed by atoms with van der Waals surface area (Å²) >= 11 is 5.62. The molecule has 0 aliphatic carbocycles. The number of aryl methyl sites for hydroxylation is 1. The van der Waals surface area contributed by atoms with E-state index in [1.165, 1.54) is 18.2 Å². The topological polar surface area (TPSA) is 20.3 Å². The summed E-state index contributed by atoms with van der Waals surface area (Å²) in [5.74, 6) is 0.157. The lowest BCUT2D eigenvalue weighted by Gasteiger charge is -2.21. The normalized spacial score (nSPS) is 10.4. The molecule has 1 rings (SSSR count). The Hall–Kier alpha value is -1.09. The third kappa shape index (κ3) is 3.70. The SMILES string of the molecule is CCN(CCCCl)C(=O)c1ccc(F)cc1C. The van der Waals surface area contributed by atoms with Crippen molar-refractivity contribution >= 4 is 17.5 Å². The summed E-state index contributed by atoms with van der Waals surface area (Å²) in [6.07, 6.45) is 0.765. The molecule has 94 valence electrons. The van der Waals surface area contributed by atoms with Crippen molar-refractivity contribution in [3.05, 3.63) is 35.1 Å². The number of carbonyl (C=O) groups excluding carboxylic acids is 1. The first-order chi connectivity index (χ1) is 8.10. The van der Waals surface area contributed by atoms with Crippen molar-refractivity contribution in [2.24, 2.45) is 0 Å². The standard InChI is InChI=1S/C13H17ClFNO/c1-3-16(8-4-7-14)13(17)12-6-5-11(15)9-10(12)2/h5-6,9H,3-4,7-8H2,1-2H3. The van der Waals surface area contributed by atoms with E-state index < -0.39 is 0 Å². The van der Waals surface area contributed by atoms with Gasteiger partial charge >= 0.3 is 0 Å². The van der Waals surface area contributed by atoms with Gasteiger partial charge in [0.05, 0.1) is 0 Å². The van der Waals surface area contributed by atoms with Crippen LogP contribution in [0.25, 0.3) is 0 Å². The Morgan fingerprint density at radius 1 is 1.47 bits per heavy atom. The van der Waals surface area contributed by atoms with Crippen molar-refractivity contribution in [3.63, 3.8) is 0 Å². The molecule has 0 unspecified atom stereocenters. The largest absolute Gasteiger partial charge is 0.339 e. The number of hydrogen-bond donors (Lipinski definition) is 0. The van der Waals surface area contributed by atoms with Gasteiger partial charge in [-0.15, -0.1) is 11.6 Å². The number of alkyl halides is 1. The summed E-state index contributed by atoms with van der Waals surface area (Å²) in [7, 11) is 0. The Morgan fingerprint density at radius 2 is 2.18 bits per heavy atom. The van der Waals surface area contributed by atoms with Gasteiger partial charge in [-0.05, 0) is 44.0 Å². The molecule has 0 radical (unpaired) electrons. The second-order valence-corrected chi connectivity index (χ2v) is 4.26. The number of halogens is 2. The Bertz CT molecular complexity index is 395. The van der Waals surface area contributed by atoms with Crippen LogP contribution in [-0.4, -0.2) is 29.8 Å². The Labute approximate surface area is 106 Å². The van der Waals surface area contributed by atoms with Gasteiger partial charge in [0.25, 0.3) is 5.91 Å². The lowest BCUT2D eigenvalue weighted by Crippen LogP contribution is -2.32. The van der Waals surface area contributed by atoms with Gasteiger partial charge < -0.3 is 4.90 Å². The summed E-state index contributed by atoms with van der Waals surface area (Å²) in [5.41, 5.74) is 1.22. The van der Waals surface area contributed by atoms with E-state index in [0.717, 1.165) is 6.42 Å². The maximum Gasteiger partial charge on any atom is 0.254 e. The summed E-state index contributed by atoms with van der Waals surface area (Å²) in [6.45, 7) is 4.93. The van der Waals surface area contributed by atoms with Crippen molar-refractivity contribution in [1.29, 1.82) is 0 Å². The van der Waals surface area contributed by atoms with Crippen LogP contribution in [0.2, 0.25) is 0 Å². The van der Waals surface area contributed by atoms with Crippen LogP contribution in [-0.2, 0) is 0 Å². The molecule has 4 heteroatoms. The number of hydrogen-bond acceptors (Lipinski definition) is 1. The van der Waals surface area contributed by atoms with Gasteiger partial charge in [-0.1, -0.05) is 0 Å². The Kier molecular flexibility index (Phi) is 5.42. The number of carbonyl (C=O) groups is 1. The summed E-state index contributed by atoms with van der Waals surface area (Å²) < 4.78 is 13.0. The first-order valence-corrected chi connectivity index (χ1v) is 6.25. The van der Waals surface area contributed by atoms with Crippen LogP contribution in [0, 0.1) is 12.7 Å². The lowest BCUT2D eigenvalue weighted by atomic mass is 10.1. The minimum atomic E-state index is -0.317. The first kappa shape index (κ1) is 14.0. The first-order valence-electron chi connectivity index (χ1n) is 5.71. The van der Waals surface area contributed by atoms with Gasteiger partial charge in [0.15, 0.2) is 0 Å². The average molecular weight is 258 g/mol. The van der Waals surface area contributed by atoms with Crippen LogP contribution in [0.4, 0.5) is 4.39 Å². The molecule has 1 aromatic rings. The van der Waals surface area contributed by atoms with Gasteiger partial charge in [-0.3, -0.25) is 4.79 Å². The van der Waals surface area contributed by atoms with E-state index in [2.05, 4.69) is 0 Å². The fourth-order valence-electron chi connectivity index (χ4n) is 1.69. The monoisotopic (exact) mass is 257 g/mol. The molecule has 0 bridgehead atoms. The van der Waals surface area contributed by atoms with Gasteiger partial charge in [0.1, 0.15) is 5.82 Å². The van der Waals surface area contributed by atoms with E-state index in [0.29, 0.717) is 30.1 Å². The van der Waals surface area contributed by atoms with Crippen molar-refractivity contribution in [1.82, 2.24) is 4.90 Å². The molecule has 0 heterocycles. The maximum absolute atomic E-state index is 13.0. The second-order valence-electron chi connectivity index (χ2n) is 3.89. The third-order valence-electron chi connectivity index (χ3n) is 2.65. The maximum atomic E-state index is 13.0. The van der Waals surface area contributed by atoms with Crippen molar-refractivity contribution in [3.8, 4) is 0 Å². The smallest absolute Gasteiger partial charge is 0.254 e. The zero-order valence-corrected chi connectivity index (χ0v) is 10.9. The molecule has 2 nitrogen and oxygen atoms in total. The molecular formula is C13H17ClFNO. The van der Waals surface area contributed by atoms with Crippen LogP contribution in [0.5, 0.6) is 0 Å². The lowest BCUT2D eigenvalue weighted by molar-refractivity contribution is 0.0764. The van der Waals surface area contributed by atoms with Gasteiger partial charge in [0.2, 0.25) is 0 Å². The molecule has 17 heavy (non-hydrogen) atoms. The predicted octanol–water partition coefficient (Wildman–Crippen LogP) is 3.23. The molecule has 1 amide bonds. The van der Waals surface area contributed by atoms with Crippen LogP contribution in [0.1, 0.15) is 29.3 Å². The van der Waals surface area contributed by atoms with Crippen molar-refractivity contribution < 1.29 is 9.18 Å². The van der Waals surface area contributed by atoms with Crippen LogP contribution >= 0.6 is 11.6 Å². The van der Waals surface area contributed by atoms with Crippen molar-refractivity contribution in [2.45, 2.75) is 20.3 Å². The zero-order valence-electron chi connectivity index (χ0n) is 10.2. The molecule has 0 saturated carbocycles. The molecule has 1 aromatic carbocycles.